The van der Waals surface area contributed by atoms with Crippen molar-refractivity contribution >= 4 is 21.4 Å². The molecule has 0 bridgehead atoms. The largest absolute Gasteiger partial charge is 0.328 e. The van der Waals surface area contributed by atoms with E-state index >= 15 is 0 Å². The molecule has 7 nitrogen and oxygen atoms in total. The average Bonchev–Trinajstić information content (AvgIpc) is 3.04. The first-order chi connectivity index (χ1) is 10.4. The quantitative estimate of drug-likeness (QED) is 0.868. The van der Waals surface area contributed by atoms with E-state index in [0.717, 1.165) is 36.0 Å². The molecule has 0 saturated heterocycles. The van der Waals surface area contributed by atoms with E-state index in [0.29, 0.717) is 6.54 Å². The Labute approximate surface area is 134 Å². The lowest BCUT2D eigenvalue weighted by atomic mass is 10.2. The van der Waals surface area contributed by atoms with Crippen LogP contribution in [0.2, 0.25) is 0 Å². The molecule has 22 heavy (non-hydrogen) atoms. The molecule has 1 aliphatic heterocycles. The van der Waals surface area contributed by atoms with Crippen molar-refractivity contribution in [3.8, 4) is 0 Å². The van der Waals surface area contributed by atoms with Gasteiger partial charge >= 0.3 is 0 Å². The Balaban J connectivity index is 1.73. The maximum atomic E-state index is 11.3. The van der Waals surface area contributed by atoms with Gasteiger partial charge in [0.2, 0.25) is 10.0 Å². The molecule has 0 fully saturated rings. The van der Waals surface area contributed by atoms with E-state index in [-0.39, 0.29) is 6.04 Å². The predicted octanol–water partition coefficient (Wildman–Crippen LogP) is 0.754. The molecule has 0 saturated carbocycles. The first kappa shape index (κ1) is 15.6. The number of nitrogens with one attached hydrogen (secondary N) is 1. The first-order valence-corrected chi connectivity index (χ1v) is 9.76. The van der Waals surface area contributed by atoms with Gasteiger partial charge in [0, 0.05) is 37.8 Å². The average molecular weight is 341 g/mol. The van der Waals surface area contributed by atoms with Crippen molar-refractivity contribution in [3.63, 3.8) is 0 Å². The summed E-state index contributed by atoms with van der Waals surface area (Å²) < 4.78 is 27.3. The summed E-state index contributed by atoms with van der Waals surface area (Å²) in [6.07, 6.45) is 4.79. The van der Waals surface area contributed by atoms with Crippen LogP contribution < -0.4 is 4.72 Å². The van der Waals surface area contributed by atoms with E-state index in [4.69, 9.17) is 0 Å². The van der Waals surface area contributed by atoms with Gasteiger partial charge in [-0.2, -0.15) is 0 Å². The molecule has 1 aliphatic rings. The van der Waals surface area contributed by atoms with Crippen molar-refractivity contribution < 1.29 is 8.42 Å². The zero-order valence-corrected chi connectivity index (χ0v) is 14.2. The summed E-state index contributed by atoms with van der Waals surface area (Å²) in [5.74, 6) is 0. The predicted molar refractivity (Wildman–Crippen MR) is 85.1 cm³/mol. The van der Waals surface area contributed by atoms with Gasteiger partial charge in [-0.15, -0.1) is 11.3 Å². The van der Waals surface area contributed by atoms with E-state index in [1.807, 2.05) is 13.1 Å². The van der Waals surface area contributed by atoms with Gasteiger partial charge in [0.05, 0.1) is 35.0 Å². The zero-order chi connectivity index (χ0) is 15.7. The summed E-state index contributed by atoms with van der Waals surface area (Å²) >= 11 is 1.65. The molecule has 120 valence electrons. The summed E-state index contributed by atoms with van der Waals surface area (Å²) in [7, 11) is -3.20. The van der Waals surface area contributed by atoms with Crippen LogP contribution in [0.4, 0.5) is 0 Å². The highest BCUT2D eigenvalue weighted by Gasteiger charge is 2.26. The maximum Gasteiger partial charge on any atom is 0.208 e. The Hall–Kier alpha value is -1.29. The fourth-order valence-corrected chi connectivity index (χ4v) is 3.80. The number of aryl methyl sites for hydroxylation is 1. The lowest BCUT2D eigenvalue weighted by Gasteiger charge is -2.34. The minimum atomic E-state index is -3.20. The Morgan fingerprint density at radius 2 is 2.32 bits per heavy atom. The van der Waals surface area contributed by atoms with Gasteiger partial charge in [-0.25, -0.2) is 23.1 Å². The van der Waals surface area contributed by atoms with Crippen LogP contribution in [0.5, 0.6) is 0 Å². The third kappa shape index (κ3) is 3.72. The second kappa shape index (κ2) is 6.07. The normalized spacial score (nSPS) is 19.3. The molecule has 0 aliphatic carbocycles. The third-order valence-corrected chi connectivity index (χ3v) is 5.14. The first-order valence-electron chi connectivity index (χ1n) is 6.99. The topological polar surface area (TPSA) is 80.1 Å². The van der Waals surface area contributed by atoms with Crippen molar-refractivity contribution in [1.29, 1.82) is 0 Å². The van der Waals surface area contributed by atoms with Crippen molar-refractivity contribution in [2.24, 2.45) is 0 Å². The number of sulfonamides is 1. The van der Waals surface area contributed by atoms with Crippen LogP contribution in [0.15, 0.2) is 17.9 Å². The SMILES string of the molecule is Cc1nc(CN2Cc3cncn3[C@@H](CNS(C)(=O)=O)C2)cs1. The van der Waals surface area contributed by atoms with Crippen LogP contribution in [0, 0.1) is 6.92 Å². The van der Waals surface area contributed by atoms with Gasteiger partial charge < -0.3 is 4.57 Å². The van der Waals surface area contributed by atoms with E-state index < -0.39 is 10.0 Å². The molecular formula is C13H19N5O2S2. The number of fused-ring (bicyclic) bond motifs is 1. The van der Waals surface area contributed by atoms with Crippen LogP contribution in [0.25, 0.3) is 0 Å². The molecule has 9 heteroatoms. The molecule has 0 amide bonds. The maximum absolute atomic E-state index is 11.3. The zero-order valence-electron chi connectivity index (χ0n) is 12.6. The number of thiazole rings is 1. The molecular weight excluding hydrogens is 322 g/mol. The minimum Gasteiger partial charge on any atom is -0.328 e. The highest BCUT2D eigenvalue weighted by Crippen LogP contribution is 2.22. The van der Waals surface area contributed by atoms with Gasteiger partial charge in [0.15, 0.2) is 0 Å². The van der Waals surface area contributed by atoms with Gasteiger partial charge in [0.1, 0.15) is 0 Å². The van der Waals surface area contributed by atoms with Crippen LogP contribution in [-0.2, 0) is 23.1 Å². The Bertz CT molecular complexity index is 752. The lowest BCUT2D eigenvalue weighted by Crippen LogP contribution is -2.41. The number of hydrogen-bond donors (Lipinski definition) is 1. The highest BCUT2D eigenvalue weighted by atomic mass is 32.2. The lowest BCUT2D eigenvalue weighted by molar-refractivity contribution is 0.176. The summed E-state index contributed by atoms with van der Waals surface area (Å²) in [6, 6.07) is 0.0423. The molecule has 2 aromatic heterocycles. The van der Waals surface area contributed by atoms with Crippen molar-refractivity contribution in [1.82, 2.24) is 24.2 Å². The molecule has 3 heterocycles. The second-order valence-electron chi connectivity index (χ2n) is 5.59. The molecule has 0 aromatic carbocycles. The van der Waals surface area contributed by atoms with E-state index in [9.17, 15) is 8.42 Å². The number of rotatable bonds is 5. The number of nitrogens with zero attached hydrogens (tertiary/aromatic N) is 4. The van der Waals surface area contributed by atoms with Gasteiger partial charge in [-0.1, -0.05) is 0 Å². The van der Waals surface area contributed by atoms with Crippen LogP contribution in [0.1, 0.15) is 22.4 Å². The summed E-state index contributed by atoms with van der Waals surface area (Å²) in [6.45, 7) is 4.70. The van der Waals surface area contributed by atoms with Gasteiger partial charge in [-0.05, 0) is 6.92 Å². The van der Waals surface area contributed by atoms with Crippen LogP contribution >= 0.6 is 11.3 Å². The molecule has 2 aromatic rings. The smallest absolute Gasteiger partial charge is 0.208 e. The molecule has 1 N–H and O–H groups in total. The van der Waals surface area contributed by atoms with Crippen molar-refractivity contribution in [3.05, 3.63) is 34.3 Å². The molecule has 1 atom stereocenters. The van der Waals surface area contributed by atoms with Gasteiger partial charge in [0.25, 0.3) is 0 Å². The van der Waals surface area contributed by atoms with E-state index in [1.165, 1.54) is 6.26 Å². The van der Waals surface area contributed by atoms with Gasteiger partial charge in [-0.3, -0.25) is 4.90 Å². The van der Waals surface area contributed by atoms with E-state index in [1.54, 1.807) is 17.7 Å². The molecule has 0 spiro atoms. The summed E-state index contributed by atoms with van der Waals surface area (Å²) in [5, 5.41) is 3.14. The second-order valence-corrected chi connectivity index (χ2v) is 8.49. The third-order valence-electron chi connectivity index (χ3n) is 3.63. The standard InChI is InChI=1S/C13H19N5O2S2/c1-10-16-11(8-21-10)5-17-6-12-3-14-9-18(12)13(7-17)4-15-22(2,19)20/h3,8-9,13,15H,4-7H2,1-2H3/t13-/m0/s1. The van der Waals surface area contributed by atoms with Crippen molar-refractivity contribution in [2.75, 3.05) is 19.3 Å². The van der Waals surface area contributed by atoms with Crippen LogP contribution in [-0.4, -0.2) is 47.2 Å². The molecule has 0 radical (unpaired) electrons. The Morgan fingerprint density at radius 1 is 1.50 bits per heavy atom. The monoisotopic (exact) mass is 341 g/mol. The van der Waals surface area contributed by atoms with E-state index in [2.05, 4.69) is 29.5 Å². The summed E-state index contributed by atoms with van der Waals surface area (Å²) in [5.41, 5.74) is 2.16. The fourth-order valence-electron chi connectivity index (χ4n) is 2.70. The Kier molecular flexibility index (Phi) is 4.31. The minimum absolute atomic E-state index is 0.0423. The number of imidazole rings is 1. The fraction of sp³-hybridized carbons (Fsp3) is 0.538. The number of aromatic nitrogens is 3. The highest BCUT2D eigenvalue weighted by molar-refractivity contribution is 7.88. The molecule has 3 rings (SSSR count). The molecule has 0 unspecified atom stereocenters. The Morgan fingerprint density at radius 3 is 3.00 bits per heavy atom. The van der Waals surface area contributed by atoms with Crippen LogP contribution in [0.3, 0.4) is 0 Å². The van der Waals surface area contributed by atoms with Crippen molar-refractivity contribution in [2.45, 2.75) is 26.1 Å². The summed E-state index contributed by atoms with van der Waals surface area (Å²) in [4.78, 5) is 11.0. The number of hydrogen-bond acceptors (Lipinski definition) is 6.